The van der Waals surface area contributed by atoms with Crippen LogP contribution in [-0.2, 0) is 14.8 Å². The largest absolute Gasteiger partial charge is 0.460 e. The number of sulfonamides is 1. The fourth-order valence-electron chi connectivity index (χ4n) is 2.80. The molecule has 0 spiro atoms. The van der Waals surface area contributed by atoms with Crippen LogP contribution in [0.1, 0.15) is 42.5 Å². The molecule has 0 radical (unpaired) electrons. The lowest BCUT2D eigenvalue weighted by molar-refractivity contribution is 0.00698. The first-order chi connectivity index (χ1) is 13.0. The Bertz CT molecular complexity index is 1140. The quantitative estimate of drug-likeness (QED) is 0.634. The van der Waals surface area contributed by atoms with Gasteiger partial charge < -0.3 is 9.15 Å². The van der Waals surface area contributed by atoms with Crippen molar-refractivity contribution in [3.8, 4) is 0 Å². The Morgan fingerprint density at radius 3 is 2.29 bits per heavy atom. The maximum atomic E-state index is 12.6. The van der Waals surface area contributed by atoms with E-state index in [-0.39, 0.29) is 4.90 Å². The second kappa shape index (κ2) is 6.98. The molecule has 1 aromatic heterocycles. The van der Waals surface area contributed by atoms with Gasteiger partial charge in [-0.15, -0.1) is 0 Å². The molecule has 28 heavy (non-hydrogen) atoms. The third-order valence-corrected chi connectivity index (χ3v) is 5.45. The summed E-state index contributed by atoms with van der Waals surface area (Å²) in [6, 6.07) is 11.4. The van der Waals surface area contributed by atoms with Crippen molar-refractivity contribution in [3.05, 3.63) is 59.4 Å². The van der Waals surface area contributed by atoms with E-state index in [1.807, 2.05) is 6.92 Å². The molecule has 148 valence electrons. The topological polar surface area (TPSA) is 85.6 Å². The summed E-state index contributed by atoms with van der Waals surface area (Å²) in [5.74, 6) is -0.0925. The van der Waals surface area contributed by atoms with E-state index < -0.39 is 21.6 Å². The summed E-state index contributed by atoms with van der Waals surface area (Å²) in [5, 5.41) is 0.496. The Kier molecular flexibility index (Phi) is 4.97. The number of benzene rings is 2. The van der Waals surface area contributed by atoms with E-state index in [0.29, 0.717) is 28.0 Å². The SMILES string of the molecule is Cc1ccc(S(=O)(=O)Nc2ccc3oc(C)c(C(=O)OC(C)(C)C)c3c2)cc1. The molecule has 0 atom stereocenters. The predicted molar refractivity (Wildman–Crippen MR) is 108 cm³/mol. The van der Waals surface area contributed by atoms with Crippen molar-refractivity contribution < 1.29 is 22.4 Å². The third-order valence-electron chi connectivity index (χ3n) is 4.05. The van der Waals surface area contributed by atoms with Gasteiger partial charge in [0.15, 0.2) is 0 Å². The molecular weight excluding hydrogens is 378 g/mol. The van der Waals surface area contributed by atoms with Gasteiger partial charge in [-0.1, -0.05) is 17.7 Å². The molecule has 0 amide bonds. The number of nitrogens with one attached hydrogen (secondary N) is 1. The van der Waals surface area contributed by atoms with Crippen LogP contribution in [0.5, 0.6) is 0 Å². The zero-order valence-electron chi connectivity index (χ0n) is 16.5. The van der Waals surface area contributed by atoms with Crippen LogP contribution in [0.3, 0.4) is 0 Å². The Balaban J connectivity index is 1.99. The van der Waals surface area contributed by atoms with Crippen LogP contribution in [0, 0.1) is 13.8 Å². The number of carbonyl (C=O) groups is 1. The summed E-state index contributed by atoms with van der Waals surface area (Å²) in [4.78, 5) is 12.7. The Hall–Kier alpha value is -2.80. The highest BCUT2D eigenvalue weighted by molar-refractivity contribution is 7.92. The predicted octanol–water partition coefficient (Wildman–Crippen LogP) is 4.81. The second-order valence-electron chi connectivity index (χ2n) is 7.66. The van der Waals surface area contributed by atoms with Gasteiger partial charge in [0.05, 0.1) is 4.90 Å². The van der Waals surface area contributed by atoms with Crippen LogP contribution < -0.4 is 4.72 Å². The zero-order valence-corrected chi connectivity index (χ0v) is 17.3. The number of ether oxygens (including phenoxy) is 1. The Labute approximate surface area is 164 Å². The maximum absolute atomic E-state index is 12.6. The highest BCUT2D eigenvalue weighted by atomic mass is 32.2. The van der Waals surface area contributed by atoms with Gasteiger partial charge in [-0.3, -0.25) is 4.72 Å². The van der Waals surface area contributed by atoms with Gasteiger partial charge in [0.1, 0.15) is 22.5 Å². The molecule has 0 aliphatic rings. The molecular formula is C21H23NO5S. The van der Waals surface area contributed by atoms with Gasteiger partial charge >= 0.3 is 5.97 Å². The number of aryl methyl sites for hydroxylation is 2. The van der Waals surface area contributed by atoms with E-state index in [2.05, 4.69) is 4.72 Å². The minimum Gasteiger partial charge on any atom is -0.460 e. The van der Waals surface area contributed by atoms with Gasteiger partial charge in [0.2, 0.25) is 0 Å². The first-order valence-corrected chi connectivity index (χ1v) is 10.3. The van der Waals surface area contributed by atoms with Crippen LogP contribution >= 0.6 is 0 Å². The van der Waals surface area contributed by atoms with E-state index >= 15 is 0 Å². The van der Waals surface area contributed by atoms with Crippen LogP contribution in [0.25, 0.3) is 11.0 Å². The molecule has 0 bridgehead atoms. The van der Waals surface area contributed by atoms with E-state index in [4.69, 9.17) is 9.15 Å². The van der Waals surface area contributed by atoms with Gasteiger partial charge in [0, 0.05) is 11.1 Å². The van der Waals surface area contributed by atoms with Crippen LogP contribution in [0.15, 0.2) is 51.8 Å². The summed E-state index contributed by atoms with van der Waals surface area (Å²) in [7, 11) is -3.75. The monoisotopic (exact) mass is 401 g/mol. The first-order valence-electron chi connectivity index (χ1n) is 8.82. The minimum atomic E-state index is -3.75. The number of hydrogen-bond acceptors (Lipinski definition) is 5. The molecule has 0 aliphatic heterocycles. The Morgan fingerprint density at radius 2 is 1.68 bits per heavy atom. The first kappa shape index (κ1) is 19.9. The van der Waals surface area contributed by atoms with Gasteiger partial charge in [0.25, 0.3) is 10.0 Å². The average Bonchev–Trinajstić information content (AvgIpc) is 2.88. The zero-order chi connectivity index (χ0) is 20.7. The number of esters is 1. The average molecular weight is 401 g/mol. The summed E-state index contributed by atoms with van der Waals surface area (Å²) >= 11 is 0. The molecule has 1 heterocycles. The van der Waals surface area contributed by atoms with Crippen molar-refractivity contribution in [3.63, 3.8) is 0 Å². The van der Waals surface area contributed by atoms with Crippen molar-refractivity contribution in [1.29, 1.82) is 0 Å². The molecule has 6 nitrogen and oxygen atoms in total. The molecule has 0 saturated carbocycles. The molecule has 1 N–H and O–H groups in total. The van der Waals surface area contributed by atoms with Crippen molar-refractivity contribution in [2.24, 2.45) is 0 Å². The molecule has 3 rings (SSSR count). The highest BCUT2D eigenvalue weighted by Crippen LogP contribution is 2.30. The summed E-state index contributed by atoms with van der Waals surface area (Å²) in [6.45, 7) is 8.91. The highest BCUT2D eigenvalue weighted by Gasteiger charge is 2.25. The van der Waals surface area contributed by atoms with Gasteiger partial charge in [-0.25, -0.2) is 13.2 Å². The standard InChI is InChI=1S/C21H23NO5S/c1-13-6-9-16(10-7-13)28(24,25)22-15-8-11-18-17(12-15)19(14(2)26-18)20(23)27-21(3,4)5/h6-12,22H,1-5H3. The molecule has 0 saturated heterocycles. The summed E-state index contributed by atoms with van der Waals surface area (Å²) in [6.07, 6.45) is 0. The number of rotatable bonds is 4. The number of anilines is 1. The van der Waals surface area contributed by atoms with E-state index in [1.165, 1.54) is 0 Å². The molecule has 3 aromatic rings. The number of fused-ring (bicyclic) bond motifs is 1. The third kappa shape index (κ3) is 4.20. The molecule has 0 aliphatic carbocycles. The van der Waals surface area contributed by atoms with Crippen LogP contribution in [-0.4, -0.2) is 20.0 Å². The van der Waals surface area contributed by atoms with Crippen molar-refractivity contribution in [2.75, 3.05) is 4.72 Å². The summed E-state index contributed by atoms with van der Waals surface area (Å²) < 4.78 is 38.9. The lowest BCUT2D eigenvalue weighted by atomic mass is 10.1. The molecule has 2 aromatic carbocycles. The smallest absolute Gasteiger partial charge is 0.342 e. The maximum Gasteiger partial charge on any atom is 0.342 e. The normalized spacial score (nSPS) is 12.2. The number of furan rings is 1. The number of hydrogen-bond donors (Lipinski definition) is 1. The minimum absolute atomic E-state index is 0.161. The van der Waals surface area contributed by atoms with Crippen molar-refractivity contribution in [1.82, 2.24) is 0 Å². The van der Waals surface area contributed by atoms with Crippen LogP contribution in [0.2, 0.25) is 0 Å². The van der Waals surface area contributed by atoms with Crippen LogP contribution in [0.4, 0.5) is 5.69 Å². The van der Waals surface area contributed by atoms with E-state index in [1.54, 1.807) is 70.2 Å². The molecule has 0 fully saturated rings. The van der Waals surface area contributed by atoms with Gasteiger partial charge in [-0.2, -0.15) is 0 Å². The van der Waals surface area contributed by atoms with Crippen molar-refractivity contribution in [2.45, 2.75) is 45.1 Å². The second-order valence-corrected chi connectivity index (χ2v) is 9.35. The lowest BCUT2D eigenvalue weighted by Gasteiger charge is -2.19. The van der Waals surface area contributed by atoms with E-state index in [9.17, 15) is 13.2 Å². The lowest BCUT2D eigenvalue weighted by Crippen LogP contribution is -2.24. The fraction of sp³-hybridized carbons (Fsp3) is 0.286. The van der Waals surface area contributed by atoms with E-state index in [0.717, 1.165) is 5.56 Å². The molecule has 7 heteroatoms. The fourth-order valence-corrected chi connectivity index (χ4v) is 3.85. The number of carbonyl (C=O) groups excluding carboxylic acids is 1. The van der Waals surface area contributed by atoms with Crippen molar-refractivity contribution >= 4 is 32.6 Å². The summed E-state index contributed by atoms with van der Waals surface area (Å²) in [5.41, 5.74) is 1.42. The molecule has 0 unspecified atom stereocenters. The van der Waals surface area contributed by atoms with Gasteiger partial charge in [-0.05, 0) is 65.0 Å². The Morgan fingerprint density at radius 1 is 1.04 bits per heavy atom.